The molecule has 1 aliphatic carbocycles. The smallest absolute Gasteiger partial charge is 0.333 e. The third-order valence-electron chi connectivity index (χ3n) is 5.30. The van der Waals surface area contributed by atoms with Crippen molar-refractivity contribution in [3.8, 4) is 0 Å². The van der Waals surface area contributed by atoms with Crippen molar-refractivity contribution in [3.05, 3.63) is 39.2 Å². The van der Waals surface area contributed by atoms with Crippen molar-refractivity contribution >= 4 is 17.2 Å². The lowest BCUT2D eigenvalue weighted by Gasteiger charge is -2.29. The minimum Gasteiger partial charge on any atom is -0.333 e. The highest BCUT2D eigenvalue weighted by Crippen LogP contribution is 2.56. The SMILES string of the molecule is O=C(Cn1cn[nH]c1=O)N(Cc1ccsc1)C1CC12CCNCC2. The fourth-order valence-corrected chi connectivity index (χ4v) is 4.46. The second-order valence-corrected chi connectivity index (χ2v) is 7.55. The summed E-state index contributed by atoms with van der Waals surface area (Å²) in [5.74, 6) is -0.00916. The Morgan fingerprint density at radius 3 is 2.96 bits per heavy atom. The van der Waals surface area contributed by atoms with Crippen molar-refractivity contribution in [1.82, 2.24) is 25.0 Å². The average Bonchev–Trinajstić information content (AvgIpc) is 2.96. The maximum atomic E-state index is 12.9. The maximum Gasteiger partial charge on any atom is 0.343 e. The number of nitrogens with zero attached hydrogens (tertiary/aromatic N) is 3. The van der Waals surface area contributed by atoms with E-state index in [1.54, 1.807) is 11.3 Å². The molecule has 0 aromatic carbocycles. The standard InChI is InChI=1S/C16H21N5O2S/c22-14(9-20-11-18-19-15(20)23)21(8-12-1-6-24-10-12)13-7-16(13)2-4-17-5-3-16/h1,6,10-11,13,17H,2-5,7-9H2,(H,19,23). The lowest BCUT2D eigenvalue weighted by atomic mass is 9.93. The summed E-state index contributed by atoms with van der Waals surface area (Å²) in [5.41, 5.74) is 1.09. The number of aromatic amines is 1. The van der Waals surface area contributed by atoms with Gasteiger partial charge in [-0.1, -0.05) is 0 Å². The summed E-state index contributed by atoms with van der Waals surface area (Å²) in [6, 6.07) is 2.35. The van der Waals surface area contributed by atoms with E-state index in [0.29, 0.717) is 6.54 Å². The van der Waals surface area contributed by atoms with E-state index in [2.05, 4.69) is 27.0 Å². The van der Waals surface area contributed by atoms with Crippen LogP contribution < -0.4 is 11.0 Å². The van der Waals surface area contributed by atoms with Gasteiger partial charge in [0.05, 0.1) is 0 Å². The van der Waals surface area contributed by atoms with Gasteiger partial charge in [0.1, 0.15) is 12.9 Å². The summed E-state index contributed by atoms with van der Waals surface area (Å²) >= 11 is 1.64. The Kier molecular flexibility index (Phi) is 4.01. The van der Waals surface area contributed by atoms with Gasteiger partial charge in [0.25, 0.3) is 0 Å². The molecule has 1 saturated carbocycles. The largest absolute Gasteiger partial charge is 0.343 e. The Hall–Kier alpha value is -1.93. The van der Waals surface area contributed by atoms with E-state index >= 15 is 0 Å². The van der Waals surface area contributed by atoms with Gasteiger partial charge in [-0.05, 0) is 60.2 Å². The van der Waals surface area contributed by atoms with Crippen molar-refractivity contribution in [2.45, 2.75) is 38.4 Å². The van der Waals surface area contributed by atoms with E-state index in [-0.39, 0.29) is 29.6 Å². The molecule has 2 aromatic rings. The van der Waals surface area contributed by atoms with Gasteiger partial charge in [-0.3, -0.25) is 9.36 Å². The van der Waals surface area contributed by atoms with Crippen LogP contribution in [0, 0.1) is 5.41 Å². The predicted molar refractivity (Wildman–Crippen MR) is 90.7 cm³/mol. The van der Waals surface area contributed by atoms with Crippen LogP contribution in [-0.2, 0) is 17.9 Å². The summed E-state index contributed by atoms with van der Waals surface area (Å²) in [6.07, 6.45) is 4.70. The lowest BCUT2D eigenvalue weighted by molar-refractivity contribution is -0.133. The Balaban J connectivity index is 1.53. The maximum absolute atomic E-state index is 12.9. The third-order valence-corrected chi connectivity index (χ3v) is 6.03. The molecule has 8 heteroatoms. The Bertz CT molecular complexity index is 760. The molecule has 1 aliphatic heterocycles. The van der Waals surface area contributed by atoms with Crippen LogP contribution in [-0.4, -0.2) is 44.7 Å². The van der Waals surface area contributed by atoms with Crippen molar-refractivity contribution in [2.75, 3.05) is 13.1 Å². The van der Waals surface area contributed by atoms with Gasteiger partial charge < -0.3 is 10.2 Å². The second kappa shape index (κ2) is 6.18. The summed E-state index contributed by atoms with van der Waals surface area (Å²) in [7, 11) is 0. The van der Waals surface area contributed by atoms with Crippen molar-refractivity contribution in [1.29, 1.82) is 0 Å². The molecule has 2 aromatic heterocycles. The molecule has 2 N–H and O–H groups in total. The van der Waals surface area contributed by atoms with Gasteiger partial charge in [0.2, 0.25) is 5.91 Å². The van der Waals surface area contributed by atoms with Crippen molar-refractivity contribution < 1.29 is 4.79 Å². The first-order chi connectivity index (χ1) is 11.7. The minimum absolute atomic E-state index is 0.00916. The number of carbonyl (C=O) groups is 1. The molecular weight excluding hydrogens is 326 g/mol. The van der Waals surface area contributed by atoms with E-state index in [1.807, 2.05) is 10.3 Å². The van der Waals surface area contributed by atoms with E-state index in [4.69, 9.17) is 0 Å². The molecule has 1 atom stereocenters. The minimum atomic E-state index is -0.341. The van der Waals surface area contributed by atoms with Gasteiger partial charge >= 0.3 is 5.69 Å². The molecule has 3 heterocycles. The molecule has 1 amide bonds. The number of carbonyl (C=O) groups excluding carboxylic acids is 1. The first-order valence-corrected chi connectivity index (χ1v) is 9.23. The Morgan fingerprint density at radius 2 is 2.29 bits per heavy atom. The number of nitrogens with one attached hydrogen (secondary N) is 2. The van der Waals surface area contributed by atoms with Gasteiger partial charge in [0.15, 0.2) is 0 Å². The van der Waals surface area contributed by atoms with Gasteiger partial charge in [-0.25, -0.2) is 9.89 Å². The summed E-state index contributed by atoms with van der Waals surface area (Å²) < 4.78 is 1.33. The van der Waals surface area contributed by atoms with Crippen LogP contribution >= 0.6 is 11.3 Å². The quantitative estimate of drug-likeness (QED) is 0.838. The second-order valence-electron chi connectivity index (χ2n) is 6.77. The third kappa shape index (κ3) is 2.91. The summed E-state index contributed by atoms with van der Waals surface area (Å²) in [5, 5.41) is 13.6. The summed E-state index contributed by atoms with van der Waals surface area (Å²) in [6.45, 7) is 2.72. The predicted octanol–water partition coefficient (Wildman–Crippen LogP) is 0.804. The fourth-order valence-electron chi connectivity index (χ4n) is 3.80. The van der Waals surface area contributed by atoms with Crippen LogP contribution in [0.1, 0.15) is 24.8 Å². The van der Waals surface area contributed by atoms with Crippen molar-refractivity contribution in [2.24, 2.45) is 5.41 Å². The number of hydrogen-bond acceptors (Lipinski definition) is 5. The van der Waals surface area contributed by atoms with E-state index in [1.165, 1.54) is 10.9 Å². The van der Waals surface area contributed by atoms with Crippen LogP contribution in [0.4, 0.5) is 0 Å². The monoisotopic (exact) mass is 347 g/mol. The molecule has 4 rings (SSSR count). The van der Waals surface area contributed by atoms with Crippen molar-refractivity contribution in [3.63, 3.8) is 0 Å². The van der Waals surface area contributed by atoms with Crippen LogP contribution in [0.25, 0.3) is 0 Å². The average molecular weight is 347 g/mol. The van der Waals surface area contributed by atoms with Crippen LogP contribution in [0.3, 0.4) is 0 Å². The van der Waals surface area contributed by atoms with E-state index in [0.717, 1.165) is 37.9 Å². The molecular formula is C16H21N5O2S. The molecule has 2 aliphatic rings. The first-order valence-electron chi connectivity index (χ1n) is 8.29. The molecule has 0 radical (unpaired) electrons. The Morgan fingerprint density at radius 1 is 1.46 bits per heavy atom. The number of amides is 1. The first kappa shape index (κ1) is 15.6. The fraction of sp³-hybridized carbons (Fsp3) is 0.562. The lowest BCUT2D eigenvalue weighted by Crippen LogP contribution is -2.41. The topological polar surface area (TPSA) is 83.0 Å². The van der Waals surface area contributed by atoms with Crippen LogP contribution in [0.5, 0.6) is 0 Å². The number of thiophene rings is 1. The molecule has 24 heavy (non-hydrogen) atoms. The number of hydrogen-bond donors (Lipinski definition) is 2. The molecule has 0 bridgehead atoms. The van der Waals surface area contributed by atoms with Gasteiger partial charge in [-0.15, -0.1) is 0 Å². The molecule has 1 saturated heterocycles. The highest BCUT2D eigenvalue weighted by atomic mass is 32.1. The Labute approximate surface area is 143 Å². The van der Waals surface area contributed by atoms with E-state index < -0.39 is 0 Å². The molecule has 128 valence electrons. The molecule has 7 nitrogen and oxygen atoms in total. The van der Waals surface area contributed by atoms with E-state index in [9.17, 15) is 9.59 Å². The normalized spacial score (nSPS) is 21.8. The van der Waals surface area contributed by atoms with Crippen LogP contribution in [0.2, 0.25) is 0 Å². The zero-order valence-electron chi connectivity index (χ0n) is 13.4. The molecule has 1 spiro atoms. The van der Waals surface area contributed by atoms with Gasteiger partial charge in [0, 0.05) is 12.6 Å². The zero-order chi connectivity index (χ0) is 16.6. The van der Waals surface area contributed by atoms with Crippen LogP contribution in [0.15, 0.2) is 27.9 Å². The van der Waals surface area contributed by atoms with Gasteiger partial charge in [-0.2, -0.15) is 16.4 Å². The number of piperidine rings is 1. The number of aromatic nitrogens is 3. The molecule has 2 fully saturated rings. The number of H-pyrrole nitrogens is 1. The molecule has 1 unspecified atom stereocenters. The highest BCUT2D eigenvalue weighted by molar-refractivity contribution is 7.07. The zero-order valence-corrected chi connectivity index (χ0v) is 14.2. The summed E-state index contributed by atoms with van der Waals surface area (Å²) in [4.78, 5) is 26.5. The number of rotatable bonds is 5. The highest BCUT2D eigenvalue weighted by Gasteiger charge is 2.57.